The van der Waals surface area contributed by atoms with Gasteiger partial charge in [-0.2, -0.15) is 13.2 Å². The summed E-state index contributed by atoms with van der Waals surface area (Å²) in [6.45, 7) is 5.96. The highest BCUT2D eigenvalue weighted by Crippen LogP contribution is 2.32. The van der Waals surface area contributed by atoms with Gasteiger partial charge in [0.15, 0.2) is 0 Å². The van der Waals surface area contributed by atoms with E-state index in [-0.39, 0.29) is 0 Å². The third kappa shape index (κ3) is 3.59. The number of pyridine rings is 1. The van der Waals surface area contributed by atoms with Crippen LogP contribution in [-0.2, 0) is 12.6 Å². The first-order valence-electron chi connectivity index (χ1n) is 8.38. The van der Waals surface area contributed by atoms with Crippen molar-refractivity contribution in [3.8, 4) is 11.1 Å². The number of aryl methyl sites for hydroxylation is 3. The first-order chi connectivity index (χ1) is 12.3. The highest BCUT2D eigenvalue weighted by atomic mass is 19.4. The average Bonchev–Trinajstić information content (AvgIpc) is 2.96. The zero-order valence-corrected chi connectivity index (χ0v) is 14.9. The van der Waals surface area contributed by atoms with Crippen LogP contribution in [0.5, 0.6) is 0 Å². The van der Waals surface area contributed by atoms with Crippen LogP contribution in [0.25, 0.3) is 11.1 Å². The Labute approximate surface area is 150 Å². The van der Waals surface area contributed by atoms with E-state index in [0.29, 0.717) is 16.9 Å². The number of nitrogens with one attached hydrogen (secondary N) is 1. The van der Waals surface area contributed by atoms with Gasteiger partial charge < -0.3 is 0 Å². The van der Waals surface area contributed by atoms with Crippen molar-refractivity contribution in [1.82, 2.24) is 9.66 Å². The molecule has 0 radical (unpaired) electrons. The second kappa shape index (κ2) is 6.86. The molecular weight excluding hydrogens is 339 g/mol. The Morgan fingerprint density at radius 3 is 2.46 bits per heavy atom. The molecule has 0 unspecified atom stereocenters. The summed E-state index contributed by atoms with van der Waals surface area (Å²) in [5.74, 6) is 0.676. The number of rotatable bonds is 4. The van der Waals surface area contributed by atoms with Gasteiger partial charge in [-0.1, -0.05) is 19.1 Å². The van der Waals surface area contributed by atoms with E-state index in [0.717, 1.165) is 35.5 Å². The molecule has 0 aliphatic heterocycles. The molecule has 0 saturated heterocycles. The largest absolute Gasteiger partial charge is 0.416 e. The summed E-state index contributed by atoms with van der Waals surface area (Å²) in [5.41, 5.74) is 6.81. The van der Waals surface area contributed by atoms with Crippen LogP contribution >= 0.6 is 0 Å². The van der Waals surface area contributed by atoms with Crippen LogP contribution in [0.1, 0.15) is 29.4 Å². The van der Waals surface area contributed by atoms with Crippen LogP contribution in [0, 0.1) is 13.8 Å². The second-order valence-corrected chi connectivity index (χ2v) is 6.23. The lowest BCUT2D eigenvalue weighted by Crippen LogP contribution is -2.15. The lowest BCUT2D eigenvalue weighted by molar-refractivity contribution is -0.137. The maximum absolute atomic E-state index is 12.9. The van der Waals surface area contributed by atoms with Crippen LogP contribution in [0.2, 0.25) is 0 Å². The minimum Gasteiger partial charge on any atom is -0.277 e. The number of alkyl halides is 3. The van der Waals surface area contributed by atoms with E-state index in [1.807, 2.05) is 30.7 Å². The van der Waals surface area contributed by atoms with Crippen molar-refractivity contribution >= 4 is 5.82 Å². The van der Waals surface area contributed by atoms with E-state index in [1.54, 1.807) is 12.3 Å². The Morgan fingerprint density at radius 2 is 1.81 bits per heavy atom. The highest BCUT2D eigenvalue weighted by Gasteiger charge is 2.30. The van der Waals surface area contributed by atoms with E-state index in [4.69, 9.17) is 0 Å². The molecule has 3 nitrogen and oxygen atoms in total. The molecule has 0 aliphatic carbocycles. The topological polar surface area (TPSA) is 29.9 Å². The standard InChI is InChI=1S/C20H20F3N3/c1-4-18-9-8-14(3)26(18)25-19-13(2)10-16(12-24-19)15-6-5-7-17(11-15)20(21,22)23/h5-12H,4H2,1-3H3,(H,24,25). The fraction of sp³-hybridized carbons (Fsp3) is 0.250. The molecule has 2 aromatic heterocycles. The van der Waals surface area contributed by atoms with Crippen molar-refractivity contribution in [2.45, 2.75) is 33.4 Å². The Kier molecular flexibility index (Phi) is 4.76. The van der Waals surface area contributed by atoms with Crippen LogP contribution in [0.3, 0.4) is 0 Å². The predicted molar refractivity (Wildman–Crippen MR) is 97.0 cm³/mol. The molecule has 6 heteroatoms. The molecule has 3 aromatic rings. The minimum absolute atomic E-state index is 0.494. The summed E-state index contributed by atoms with van der Waals surface area (Å²) in [7, 11) is 0. The lowest BCUT2D eigenvalue weighted by Gasteiger charge is -2.16. The van der Waals surface area contributed by atoms with Crippen LogP contribution in [-0.4, -0.2) is 9.66 Å². The molecule has 1 N–H and O–H groups in total. The normalized spacial score (nSPS) is 11.6. The maximum Gasteiger partial charge on any atom is 0.416 e. The first kappa shape index (κ1) is 18.0. The third-order valence-electron chi connectivity index (χ3n) is 4.34. The van der Waals surface area contributed by atoms with Gasteiger partial charge in [-0.3, -0.25) is 10.1 Å². The Hall–Kier alpha value is -2.76. The third-order valence-corrected chi connectivity index (χ3v) is 4.34. The number of anilines is 1. The molecule has 2 heterocycles. The van der Waals surface area contributed by atoms with Crippen LogP contribution < -0.4 is 5.43 Å². The quantitative estimate of drug-likeness (QED) is 0.655. The van der Waals surface area contributed by atoms with Crippen molar-refractivity contribution in [3.05, 3.63) is 71.2 Å². The molecule has 0 fully saturated rings. The average molecular weight is 359 g/mol. The zero-order chi connectivity index (χ0) is 18.9. The molecule has 0 bridgehead atoms. The molecule has 0 aliphatic rings. The Morgan fingerprint density at radius 1 is 1.04 bits per heavy atom. The zero-order valence-electron chi connectivity index (χ0n) is 14.9. The number of aromatic nitrogens is 2. The van der Waals surface area contributed by atoms with Crippen molar-refractivity contribution in [1.29, 1.82) is 0 Å². The van der Waals surface area contributed by atoms with Crippen molar-refractivity contribution < 1.29 is 13.2 Å². The molecule has 0 atom stereocenters. The smallest absolute Gasteiger partial charge is 0.277 e. The number of benzene rings is 1. The summed E-state index contributed by atoms with van der Waals surface area (Å²) < 4.78 is 40.7. The molecule has 3 rings (SSSR count). The summed E-state index contributed by atoms with van der Waals surface area (Å²) in [6, 6.07) is 11.2. The van der Waals surface area contributed by atoms with Gasteiger partial charge in [-0.05, 0) is 61.7 Å². The molecule has 0 spiro atoms. The highest BCUT2D eigenvalue weighted by molar-refractivity contribution is 5.66. The molecule has 0 saturated carbocycles. The number of halogens is 3. The van der Waals surface area contributed by atoms with Crippen molar-refractivity contribution in [3.63, 3.8) is 0 Å². The van der Waals surface area contributed by atoms with Gasteiger partial charge in [0.05, 0.1) is 5.56 Å². The van der Waals surface area contributed by atoms with Gasteiger partial charge in [0, 0.05) is 23.1 Å². The van der Waals surface area contributed by atoms with Gasteiger partial charge in [0.25, 0.3) is 0 Å². The predicted octanol–water partition coefficient (Wildman–Crippen LogP) is 5.62. The summed E-state index contributed by atoms with van der Waals surface area (Å²) >= 11 is 0. The van der Waals surface area contributed by atoms with E-state index in [2.05, 4.69) is 23.4 Å². The van der Waals surface area contributed by atoms with Crippen LogP contribution in [0.15, 0.2) is 48.7 Å². The number of nitrogens with zero attached hydrogens (tertiary/aromatic N) is 2. The van der Waals surface area contributed by atoms with Gasteiger partial charge >= 0.3 is 6.18 Å². The van der Waals surface area contributed by atoms with Gasteiger partial charge in [0.2, 0.25) is 0 Å². The monoisotopic (exact) mass is 359 g/mol. The van der Waals surface area contributed by atoms with Crippen LogP contribution in [0.4, 0.5) is 19.0 Å². The molecule has 1 aromatic carbocycles. The van der Waals surface area contributed by atoms with E-state index >= 15 is 0 Å². The summed E-state index contributed by atoms with van der Waals surface area (Å²) in [5, 5.41) is 0. The molecule has 136 valence electrons. The number of hydrogen-bond acceptors (Lipinski definition) is 2. The van der Waals surface area contributed by atoms with Gasteiger partial charge in [-0.15, -0.1) is 0 Å². The molecule has 0 amide bonds. The number of hydrogen-bond donors (Lipinski definition) is 1. The Balaban J connectivity index is 1.92. The summed E-state index contributed by atoms with van der Waals surface area (Å²) in [4.78, 5) is 4.42. The van der Waals surface area contributed by atoms with E-state index in [9.17, 15) is 13.2 Å². The molecule has 26 heavy (non-hydrogen) atoms. The van der Waals surface area contributed by atoms with Crippen molar-refractivity contribution in [2.75, 3.05) is 5.43 Å². The fourth-order valence-electron chi connectivity index (χ4n) is 2.86. The maximum atomic E-state index is 12.9. The fourth-order valence-corrected chi connectivity index (χ4v) is 2.86. The SMILES string of the molecule is CCc1ccc(C)n1Nc1ncc(-c2cccc(C(F)(F)F)c2)cc1C. The van der Waals surface area contributed by atoms with E-state index in [1.165, 1.54) is 6.07 Å². The molecular formula is C20H20F3N3. The second-order valence-electron chi connectivity index (χ2n) is 6.23. The van der Waals surface area contributed by atoms with E-state index < -0.39 is 11.7 Å². The minimum atomic E-state index is -4.36. The lowest BCUT2D eigenvalue weighted by atomic mass is 10.0. The first-order valence-corrected chi connectivity index (χ1v) is 8.38. The van der Waals surface area contributed by atoms with Gasteiger partial charge in [0.1, 0.15) is 5.82 Å². The van der Waals surface area contributed by atoms with Crippen molar-refractivity contribution in [2.24, 2.45) is 0 Å². The summed E-state index contributed by atoms with van der Waals surface area (Å²) in [6.07, 6.45) is -1.89. The Bertz CT molecular complexity index is 926. The van der Waals surface area contributed by atoms with Gasteiger partial charge in [-0.25, -0.2) is 4.98 Å².